The maximum atomic E-state index is 9.51. The van der Waals surface area contributed by atoms with Crippen molar-refractivity contribution in [3.63, 3.8) is 0 Å². The number of rotatable bonds is 5. The summed E-state index contributed by atoms with van der Waals surface area (Å²) in [5.74, 6) is 1.56. The van der Waals surface area contributed by atoms with E-state index in [1.165, 1.54) is 21.3 Å². The summed E-state index contributed by atoms with van der Waals surface area (Å²) in [6.07, 6.45) is -0.149. The summed E-state index contributed by atoms with van der Waals surface area (Å²) in [6.45, 7) is 1.69. The lowest BCUT2D eigenvalue weighted by atomic mass is 10.1. The van der Waals surface area contributed by atoms with Crippen LogP contribution in [0.5, 0.6) is 17.2 Å². The van der Waals surface area contributed by atoms with E-state index in [1.54, 1.807) is 13.0 Å². The molecule has 0 spiro atoms. The van der Waals surface area contributed by atoms with E-state index in [0.717, 1.165) is 0 Å². The third-order valence-electron chi connectivity index (χ3n) is 2.37. The van der Waals surface area contributed by atoms with Crippen LogP contribution in [0.3, 0.4) is 0 Å². The van der Waals surface area contributed by atoms with Gasteiger partial charge < -0.3 is 19.3 Å². The number of halogens is 1. The summed E-state index contributed by atoms with van der Waals surface area (Å²) in [4.78, 5) is 0. The number of methoxy groups -OCH3 is 3. The van der Waals surface area contributed by atoms with Crippen LogP contribution in [-0.2, 0) is 6.42 Å². The number of hydrogen-bond acceptors (Lipinski definition) is 4. The smallest absolute Gasteiger partial charge is 0.167 e. The summed E-state index contributed by atoms with van der Waals surface area (Å²) in [5.41, 5.74) is 0.703. The first-order valence-corrected chi connectivity index (χ1v) is 5.58. The number of ether oxygens (including phenoxy) is 3. The van der Waals surface area contributed by atoms with Gasteiger partial charge in [0.1, 0.15) is 5.75 Å². The molecule has 0 amide bonds. The summed E-state index contributed by atoms with van der Waals surface area (Å²) < 4.78 is 15.7. The highest BCUT2D eigenvalue weighted by Gasteiger charge is 2.20. The number of aliphatic hydroxyl groups excluding tert-OH is 1. The van der Waals surface area contributed by atoms with Crippen LogP contribution >= 0.6 is 11.6 Å². The molecule has 0 aromatic heterocycles. The quantitative estimate of drug-likeness (QED) is 0.883. The minimum absolute atomic E-state index is 0.378. The van der Waals surface area contributed by atoms with Crippen molar-refractivity contribution >= 4 is 11.6 Å². The Morgan fingerprint density at radius 3 is 2.18 bits per heavy atom. The second-order valence-electron chi connectivity index (χ2n) is 3.66. The van der Waals surface area contributed by atoms with Crippen LogP contribution in [0.15, 0.2) is 6.07 Å². The molecule has 0 saturated carbocycles. The molecule has 1 N–H and O–H groups in total. The molecule has 0 heterocycles. The van der Waals surface area contributed by atoms with Gasteiger partial charge in [-0.25, -0.2) is 0 Å². The lowest BCUT2D eigenvalue weighted by Gasteiger charge is -2.18. The van der Waals surface area contributed by atoms with Gasteiger partial charge in [0.25, 0.3) is 0 Å². The van der Waals surface area contributed by atoms with Crippen LogP contribution < -0.4 is 14.2 Å². The van der Waals surface area contributed by atoms with Crippen LogP contribution in [-0.4, -0.2) is 32.5 Å². The summed E-state index contributed by atoms with van der Waals surface area (Å²) in [5, 5.41) is 9.94. The molecular formula is C12H17ClO4. The van der Waals surface area contributed by atoms with Crippen molar-refractivity contribution in [2.24, 2.45) is 0 Å². The molecule has 0 aliphatic carbocycles. The van der Waals surface area contributed by atoms with Crippen molar-refractivity contribution in [3.05, 3.63) is 16.7 Å². The van der Waals surface area contributed by atoms with Gasteiger partial charge >= 0.3 is 0 Å². The zero-order valence-corrected chi connectivity index (χ0v) is 11.2. The first kappa shape index (κ1) is 13.9. The standard InChI is InChI=1S/C12H17ClO4/c1-7(14)5-8-11(16-3)9(13)6-10(15-2)12(8)17-4/h6-7,14H,5H2,1-4H3. The van der Waals surface area contributed by atoms with Crippen molar-refractivity contribution in [2.45, 2.75) is 19.4 Å². The third-order valence-corrected chi connectivity index (χ3v) is 2.66. The molecule has 0 bridgehead atoms. The molecule has 0 fully saturated rings. The van der Waals surface area contributed by atoms with Gasteiger partial charge in [-0.2, -0.15) is 0 Å². The highest BCUT2D eigenvalue weighted by atomic mass is 35.5. The first-order chi connectivity index (χ1) is 8.04. The third kappa shape index (κ3) is 2.96. The van der Waals surface area contributed by atoms with E-state index >= 15 is 0 Å². The molecule has 4 nitrogen and oxygen atoms in total. The predicted molar refractivity (Wildman–Crippen MR) is 66.5 cm³/mol. The van der Waals surface area contributed by atoms with Crippen molar-refractivity contribution in [1.82, 2.24) is 0 Å². The normalized spacial score (nSPS) is 12.1. The van der Waals surface area contributed by atoms with E-state index in [0.29, 0.717) is 34.3 Å². The molecule has 17 heavy (non-hydrogen) atoms. The Morgan fingerprint density at radius 2 is 1.76 bits per heavy atom. The summed E-state index contributed by atoms with van der Waals surface area (Å²) in [6, 6.07) is 1.63. The zero-order valence-electron chi connectivity index (χ0n) is 10.4. The lowest BCUT2D eigenvalue weighted by Crippen LogP contribution is -2.08. The summed E-state index contributed by atoms with van der Waals surface area (Å²) >= 11 is 6.08. The second kappa shape index (κ2) is 5.98. The van der Waals surface area contributed by atoms with E-state index in [4.69, 9.17) is 25.8 Å². The van der Waals surface area contributed by atoms with Crippen molar-refractivity contribution in [2.75, 3.05) is 21.3 Å². The van der Waals surface area contributed by atoms with Crippen LogP contribution in [0.1, 0.15) is 12.5 Å². The predicted octanol–water partition coefficient (Wildman–Crippen LogP) is 2.29. The SMILES string of the molecule is COc1cc(Cl)c(OC)c(CC(C)O)c1OC. The van der Waals surface area contributed by atoms with Crippen LogP contribution in [0.2, 0.25) is 5.02 Å². The molecule has 1 rings (SSSR count). The average Bonchev–Trinajstić information content (AvgIpc) is 2.28. The number of benzene rings is 1. The van der Waals surface area contributed by atoms with E-state index in [2.05, 4.69) is 0 Å². The minimum atomic E-state index is -0.527. The second-order valence-corrected chi connectivity index (χ2v) is 4.07. The topological polar surface area (TPSA) is 47.9 Å². The molecule has 1 atom stereocenters. The average molecular weight is 261 g/mol. The monoisotopic (exact) mass is 260 g/mol. The van der Waals surface area contributed by atoms with E-state index in [1.807, 2.05) is 0 Å². The Balaban J connectivity index is 3.41. The van der Waals surface area contributed by atoms with Gasteiger partial charge in [-0.1, -0.05) is 11.6 Å². The molecule has 5 heteroatoms. The van der Waals surface area contributed by atoms with Crippen LogP contribution in [0.25, 0.3) is 0 Å². The Labute approximate surface area is 106 Å². The van der Waals surface area contributed by atoms with Gasteiger partial charge in [-0.15, -0.1) is 0 Å². The van der Waals surface area contributed by atoms with Gasteiger partial charge in [0, 0.05) is 18.1 Å². The molecule has 0 aliphatic rings. The van der Waals surface area contributed by atoms with Gasteiger partial charge in [-0.3, -0.25) is 0 Å². The number of hydrogen-bond donors (Lipinski definition) is 1. The van der Waals surface area contributed by atoms with E-state index in [9.17, 15) is 5.11 Å². The summed E-state index contributed by atoms with van der Waals surface area (Å²) in [7, 11) is 4.60. The molecule has 0 aliphatic heterocycles. The lowest BCUT2D eigenvalue weighted by molar-refractivity contribution is 0.192. The molecule has 1 aromatic rings. The van der Waals surface area contributed by atoms with Crippen LogP contribution in [0.4, 0.5) is 0 Å². The maximum Gasteiger partial charge on any atom is 0.167 e. The van der Waals surface area contributed by atoms with E-state index in [-0.39, 0.29) is 0 Å². The Bertz CT molecular complexity index is 391. The van der Waals surface area contributed by atoms with Crippen molar-refractivity contribution in [1.29, 1.82) is 0 Å². The first-order valence-electron chi connectivity index (χ1n) is 5.20. The van der Waals surface area contributed by atoms with E-state index < -0.39 is 6.10 Å². The molecule has 96 valence electrons. The Kier molecular flexibility index (Phi) is 4.90. The minimum Gasteiger partial charge on any atom is -0.495 e. The fraction of sp³-hybridized carbons (Fsp3) is 0.500. The van der Waals surface area contributed by atoms with Gasteiger partial charge in [-0.05, 0) is 6.92 Å². The number of aliphatic hydroxyl groups is 1. The molecule has 1 aromatic carbocycles. The highest BCUT2D eigenvalue weighted by Crippen LogP contribution is 2.43. The Hall–Kier alpha value is -1.13. The molecule has 1 unspecified atom stereocenters. The molecule has 0 saturated heterocycles. The van der Waals surface area contributed by atoms with Gasteiger partial charge in [0.15, 0.2) is 11.5 Å². The zero-order chi connectivity index (χ0) is 13.0. The van der Waals surface area contributed by atoms with Gasteiger partial charge in [0.2, 0.25) is 0 Å². The fourth-order valence-corrected chi connectivity index (χ4v) is 2.01. The fourth-order valence-electron chi connectivity index (χ4n) is 1.72. The van der Waals surface area contributed by atoms with Gasteiger partial charge in [0.05, 0.1) is 32.5 Å². The highest BCUT2D eigenvalue weighted by molar-refractivity contribution is 6.32. The van der Waals surface area contributed by atoms with Crippen molar-refractivity contribution < 1.29 is 19.3 Å². The Morgan fingerprint density at radius 1 is 1.18 bits per heavy atom. The van der Waals surface area contributed by atoms with Crippen LogP contribution in [0, 0.1) is 0 Å². The molecule has 0 radical (unpaired) electrons. The van der Waals surface area contributed by atoms with Crippen molar-refractivity contribution in [3.8, 4) is 17.2 Å². The maximum absolute atomic E-state index is 9.51. The largest absolute Gasteiger partial charge is 0.495 e. The molecular weight excluding hydrogens is 244 g/mol.